The van der Waals surface area contributed by atoms with Gasteiger partial charge in [-0.2, -0.15) is 0 Å². The number of rotatable bonds is 6. The number of hydrogen-bond donors (Lipinski definition) is 0. The molecule has 1 fully saturated rings. The Morgan fingerprint density at radius 2 is 1.92 bits per heavy atom. The molecule has 1 saturated carbocycles. The van der Waals surface area contributed by atoms with Gasteiger partial charge in [0.25, 0.3) is 5.91 Å². The maximum Gasteiger partial charge on any atom is 0.256 e. The van der Waals surface area contributed by atoms with Crippen LogP contribution in [-0.2, 0) is 17.9 Å². The van der Waals surface area contributed by atoms with Gasteiger partial charge in [0.05, 0.1) is 6.54 Å². The highest BCUT2D eigenvalue weighted by molar-refractivity contribution is 6.53. The molecule has 0 saturated heterocycles. The van der Waals surface area contributed by atoms with Gasteiger partial charge in [-0.05, 0) is 42.7 Å². The number of nitrogens with zero attached hydrogens (tertiary/aromatic N) is 2. The minimum atomic E-state index is -1.02. The molecule has 1 aromatic carbocycles. The molecule has 6 heteroatoms. The first-order valence-electron chi connectivity index (χ1n) is 9.01. The number of halogens is 3. The topological polar surface area (TPSA) is 25.2 Å². The monoisotopic (exact) mass is 412 g/mol. The van der Waals surface area contributed by atoms with Crippen molar-refractivity contribution in [2.24, 2.45) is 0 Å². The van der Waals surface area contributed by atoms with Gasteiger partial charge in [0, 0.05) is 29.5 Å². The van der Waals surface area contributed by atoms with Crippen LogP contribution in [0.15, 0.2) is 42.6 Å². The van der Waals surface area contributed by atoms with E-state index < -0.39 is 4.84 Å². The summed E-state index contributed by atoms with van der Waals surface area (Å²) in [5.74, 6) is -0.198. The third-order valence-corrected chi connectivity index (χ3v) is 5.59. The minimum Gasteiger partial charge on any atom is -0.345 e. The summed E-state index contributed by atoms with van der Waals surface area (Å²) >= 11 is 17.9. The molecule has 0 N–H and O–H groups in total. The first kappa shape index (κ1) is 19.6. The number of amides is 1. The molecular weight excluding hydrogens is 391 g/mol. The zero-order valence-corrected chi connectivity index (χ0v) is 16.9. The molecule has 3 nitrogen and oxygen atoms in total. The maximum atomic E-state index is 12.6. The zero-order chi connectivity index (χ0) is 18.5. The third-order valence-electron chi connectivity index (χ3n) is 4.98. The fraction of sp³-hybridized carbons (Fsp3) is 0.450. The molecule has 0 atom stereocenters. The van der Waals surface area contributed by atoms with Gasteiger partial charge in [0.1, 0.15) is 0 Å². The SMILES string of the molecule is O=C(C(Cl)Cl)N(Cc1cccn1Cc1cccc(Cl)c1)C1CCCCC1. The van der Waals surface area contributed by atoms with Gasteiger partial charge in [-0.3, -0.25) is 4.79 Å². The molecule has 1 aromatic heterocycles. The summed E-state index contributed by atoms with van der Waals surface area (Å²) in [7, 11) is 0. The van der Waals surface area contributed by atoms with Crippen LogP contribution in [0.1, 0.15) is 43.4 Å². The Balaban J connectivity index is 1.78. The molecular formula is C20H23Cl3N2O. The number of carbonyl (C=O) groups is 1. The van der Waals surface area contributed by atoms with Gasteiger partial charge in [0.2, 0.25) is 0 Å². The van der Waals surface area contributed by atoms with E-state index in [4.69, 9.17) is 34.8 Å². The second-order valence-electron chi connectivity index (χ2n) is 6.82. The largest absolute Gasteiger partial charge is 0.345 e. The van der Waals surface area contributed by atoms with Crippen LogP contribution in [0.4, 0.5) is 0 Å². The van der Waals surface area contributed by atoms with Gasteiger partial charge in [-0.15, -0.1) is 0 Å². The van der Waals surface area contributed by atoms with Crippen molar-refractivity contribution in [1.29, 1.82) is 0 Å². The Labute approximate surface area is 169 Å². The molecule has 1 heterocycles. The van der Waals surface area contributed by atoms with Gasteiger partial charge in [-0.25, -0.2) is 0 Å². The molecule has 0 unspecified atom stereocenters. The summed E-state index contributed by atoms with van der Waals surface area (Å²) in [6, 6.07) is 12.1. The van der Waals surface area contributed by atoms with Gasteiger partial charge in [-0.1, -0.05) is 66.2 Å². The lowest BCUT2D eigenvalue weighted by Gasteiger charge is -2.35. The number of aromatic nitrogens is 1. The summed E-state index contributed by atoms with van der Waals surface area (Å²) in [6.45, 7) is 1.23. The first-order valence-corrected chi connectivity index (χ1v) is 10.3. The van der Waals surface area contributed by atoms with E-state index in [0.29, 0.717) is 13.1 Å². The highest BCUT2D eigenvalue weighted by atomic mass is 35.5. The maximum absolute atomic E-state index is 12.6. The highest BCUT2D eigenvalue weighted by Gasteiger charge is 2.29. The normalized spacial score (nSPS) is 15.4. The molecule has 1 aliphatic carbocycles. The van der Waals surface area contributed by atoms with Crippen molar-refractivity contribution in [3.05, 3.63) is 58.9 Å². The molecule has 0 radical (unpaired) electrons. The predicted octanol–water partition coefficient (Wildman–Crippen LogP) is 5.65. The molecule has 1 amide bonds. The van der Waals surface area contributed by atoms with Gasteiger partial charge >= 0.3 is 0 Å². The lowest BCUT2D eigenvalue weighted by molar-refractivity contribution is -0.133. The van der Waals surface area contributed by atoms with E-state index in [1.54, 1.807) is 0 Å². The Morgan fingerprint density at radius 1 is 1.15 bits per heavy atom. The lowest BCUT2D eigenvalue weighted by atomic mass is 9.94. The fourth-order valence-electron chi connectivity index (χ4n) is 3.66. The summed E-state index contributed by atoms with van der Waals surface area (Å²) < 4.78 is 2.15. The summed E-state index contributed by atoms with van der Waals surface area (Å²) in [4.78, 5) is 13.5. The van der Waals surface area contributed by atoms with Crippen molar-refractivity contribution < 1.29 is 4.79 Å². The molecule has 140 valence electrons. The molecule has 3 rings (SSSR count). The van der Waals surface area contributed by atoms with E-state index in [2.05, 4.69) is 4.57 Å². The molecule has 0 bridgehead atoms. The quantitative estimate of drug-likeness (QED) is 0.561. The summed E-state index contributed by atoms with van der Waals surface area (Å²) in [5.41, 5.74) is 2.19. The number of benzene rings is 1. The number of carbonyl (C=O) groups excluding carboxylic acids is 1. The second-order valence-corrected chi connectivity index (χ2v) is 8.35. The Hall–Kier alpha value is -1.16. The van der Waals surface area contributed by atoms with E-state index in [9.17, 15) is 4.79 Å². The highest BCUT2D eigenvalue weighted by Crippen LogP contribution is 2.26. The fourth-order valence-corrected chi connectivity index (χ4v) is 4.12. The first-order chi connectivity index (χ1) is 12.5. The molecule has 0 aliphatic heterocycles. The average Bonchev–Trinajstić information content (AvgIpc) is 3.06. The summed E-state index contributed by atoms with van der Waals surface area (Å²) in [5, 5.41) is 0.724. The van der Waals surface area contributed by atoms with Crippen LogP contribution >= 0.6 is 34.8 Å². The van der Waals surface area contributed by atoms with Crippen LogP contribution in [0.2, 0.25) is 5.02 Å². The smallest absolute Gasteiger partial charge is 0.256 e. The lowest BCUT2D eigenvalue weighted by Crippen LogP contribution is -2.43. The zero-order valence-electron chi connectivity index (χ0n) is 14.6. The average molecular weight is 414 g/mol. The van der Waals surface area contributed by atoms with Crippen LogP contribution in [0.5, 0.6) is 0 Å². The van der Waals surface area contributed by atoms with E-state index in [1.165, 1.54) is 6.42 Å². The minimum absolute atomic E-state index is 0.198. The molecule has 2 aromatic rings. The van der Waals surface area contributed by atoms with Crippen molar-refractivity contribution in [1.82, 2.24) is 9.47 Å². The Bertz CT molecular complexity index is 738. The second kappa shape index (κ2) is 9.16. The van der Waals surface area contributed by atoms with Crippen LogP contribution < -0.4 is 0 Å². The van der Waals surface area contributed by atoms with E-state index >= 15 is 0 Å². The number of hydrogen-bond acceptors (Lipinski definition) is 1. The van der Waals surface area contributed by atoms with Crippen molar-refractivity contribution in [2.45, 2.75) is 56.1 Å². The Morgan fingerprint density at radius 3 is 2.62 bits per heavy atom. The van der Waals surface area contributed by atoms with Crippen molar-refractivity contribution in [3.8, 4) is 0 Å². The van der Waals surface area contributed by atoms with E-state index in [-0.39, 0.29) is 11.9 Å². The number of alkyl halides is 2. The molecule has 1 aliphatic rings. The van der Waals surface area contributed by atoms with E-state index in [0.717, 1.165) is 42.0 Å². The van der Waals surface area contributed by atoms with Crippen LogP contribution in [0.25, 0.3) is 0 Å². The van der Waals surface area contributed by atoms with Crippen molar-refractivity contribution in [3.63, 3.8) is 0 Å². The predicted molar refractivity (Wildman–Crippen MR) is 108 cm³/mol. The summed E-state index contributed by atoms with van der Waals surface area (Å²) in [6.07, 6.45) is 7.58. The van der Waals surface area contributed by atoms with Crippen LogP contribution in [0, 0.1) is 0 Å². The molecule has 26 heavy (non-hydrogen) atoms. The Kier molecular flexibility index (Phi) is 6.91. The van der Waals surface area contributed by atoms with Gasteiger partial charge < -0.3 is 9.47 Å². The standard InChI is InChI=1S/C20H23Cl3N2O/c21-16-7-4-6-15(12-16)13-24-11-5-10-18(24)14-25(20(26)19(22)23)17-8-2-1-3-9-17/h4-7,10-12,17,19H,1-3,8-9,13-14H2. The van der Waals surface area contributed by atoms with Crippen molar-refractivity contribution >= 4 is 40.7 Å². The van der Waals surface area contributed by atoms with Crippen LogP contribution in [-0.4, -0.2) is 26.3 Å². The molecule has 0 spiro atoms. The van der Waals surface area contributed by atoms with Crippen molar-refractivity contribution in [2.75, 3.05) is 0 Å². The third kappa shape index (κ3) is 4.97. The van der Waals surface area contributed by atoms with Gasteiger partial charge in [0.15, 0.2) is 4.84 Å². The van der Waals surface area contributed by atoms with E-state index in [1.807, 2.05) is 47.5 Å². The van der Waals surface area contributed by atoms with Crippen LogP contribution in [0.3, 0.4) is 0 Å².